The van der Waals surface area contributed by atoms with E-state index >= 15 is 0 Å². The van der Waals surface area contributed by atoms with E-state index in [9.17, 15) is 9.59 Å². The first-order chi connectivity index (χ1) is 13.5. The Morgan fingerprint density at radius 2 is 1.75 bits per heavy atom. The van der Waals surface area contributed by atoms with Crippen molar-refractivity contribution in [1.29, 1.82) is 0 Å². The van der Waals surface area contributed by atoms with Crippen LogP contribution in [0, 0.1) is 5.92 Å². The first kappa shape index (κ1) is 20.8. The Morgan fingerprint density at radius 3 is 2.36 bits per heavy atom. The number of benzene rings is 1. The van der Waals surface area contributed by atoms with E-state index in [1.807, 2.05) is 19.9 Å². The molecule has 1 aromatic carbocycles. The minimum atomic E-state index is -0.375. The maximum atomic E-state index is 12.9. The Morgan fingerprint density at radius 1 is 1.07 bits per heavy atom. The van der Waals surface area contributed by atoms with Gasteiger partial charge in [-0.3, -0.25) is 14.5 Å². The van der Waals surface area contributed by atoms with Crippen LogP contribution in [-0.4, -0.2) is 72.3 Å². The van der Waals surface area contributed by atoms with E-state index in [1.165, 1.54) is 5.56 Å². The highest BCUT2D eigenvalue weighted by molar-refractivity contribution is 5.88. The van der Waals surface area contributed by atoms with Gasteiger partial charge in [0.15, 0.2) is 0 Å². The number of likely N-dealkylation sites (tertiary alicyclic amines) is 1. The maximum Gasteiger partial charge on any atom is 0.243 e. The van der Waals surface area contributed by atoms with Crippen LogP contribution in [0.5, 0.6) is 0 Å². The summed E-state index contributed by atoms with van der Waals surface area (Å²) < 4.78 is 0. The molecule has 2 amide bonds. The van der Waals surface area contributed by atoms with Gasteiger partial charge in [0, 0.05) is 52.2 Å². The highest BCUT2D eigenvalue weighted by Crippen LogP contribution is 2.20. The zero-order valence-electron chi connectivity index (χ0n) is 17.5. The molecule has 0 radical (unpaired) electrons. The zero-order chi connectivity index (χ0) is 20.1. The average Bonchev–Trinajstić information content (AvgIpc) is 3.08. The van der Waals surface area contributed by atoms with Crippen molar-refractivity contribution in [3.05, 3.63) is 35.4 Å². The van der Waals surface area contributed by atoms with Crippen LogP contribution in [0.2, 0.25) is 0 Å². The fraction of sp³-hybridized carbons (Fsp3) is 0.636. The topological polar surface area (TPSA) is 55.9 Å². The predicted octanol–water partition coefficient (Wildman–Crippen LogP) is 1.70. The number of nitrogens with zero attached hydrogens (tertiary/aromatic N) is 3. The second kappa shape index (κ2) is 9.52. The van der Waals surface area contributed by atoms with E-state index in [4.69, 9.17) is 0 Å². The molecular formula is C22H34N4O2. The molecule has 28 heavy (non-hydrogen) atoms. The van der Waals surface area contributed by atoms with Gasteiger partial charge in [-0.2, -0.15) is 0 Å². The number of hydrogen-bond donors (Lipinski definition) is 1. The van der Waals surface area contributed by atoms with Gasteiger partial charge in [-0.25, -0.2) is 0 Å². The first-order valence-corrected chi connectivity index (χ1v) is 10.5. The number of amides is 2. The summed E-state index contributed by atoms with van der Waals surface area (Å²) in [6.07, 6.45) is 1.41. The summed E-state index contributed by atoms with van der Waals surface area (Å²) in [4.78, 5) is 31.6. The van der Waals surface area contributed by atoms with Crippen molar-refractivity contribution in [2.45, 2.75) is 45.8 Å². The molecule has 0 bridgehead atoms. The van der Waals surface area contributed by atoms with Crippen molar-refractivity contribution in [3.63, 3.8) is 0 Å². The minimum absolute atomic E-state index is 0.0420. The molecule has 0 saturated carbocycles. The molecule has 2 heterocycles. The molecule has 6 heteroatoms. The van der Waals surface area contributed by atoms with Gasteiger partial charge in [-0.05, 0) is 30.5 Å². The molecular weight excluding hydrogens is 352 g/mol. The molecule has 1 aromatic rings. The smallest absolute Gasteiger partial charge is 0.243 e. The monoisotopic (exact) mass is 386 g/mol. The summed E-state index contributed by atoms with van der Waals surface area (Å²) in [6, 6.07) is 7.97. The van der Waals surface area contributed by atoms with Gasteiger partial charge < -0.3 is 15.1 Å². The van der Waals surface area contributed by atoms with Crippen LogP contribution in [0.15, 0.2) is 24.3 Å². The van der Waals surface area contributed by atoms with Gasteiger partial charge in [-0.15, -0.1) is 0 Å². The third-order valence-electron chi connectivity index (χ3n) is 5.91. The summed E-state index contributed by atoms with van der Waals surface area (Å²) in [5.74, 6) is 0.159. The van der Waals surface area contributed by atoms with Gasteiger partial charge in [0.05, 0.1) is 0 Å². The SMILES string of the molecule is CC(C)[C@H](C(=O)NCc1ccccc1CN1CCN(C)CC1)N1CCCC1=O. The van der Waals surface area contributed by atoms with E-state index in [0.29, 0.717) is 19.5 Å². The quantitative estimate of drug-likeness (QED) is 0.775. The molecule has 0 aliphatic carbocycles. The third kappa shape index (κ3) is 5.11. The Labute approximate surface area is 168 Å². The second-order valence-corrected chi connectivity index (χ2v) is 8.45. The van der Waals surface area contributed by atoms with E-state index in [2.05, 4.69) is 40.4 Å². The molecule has 3 rings (SSSR count). The lowest BCUT2D eigenvalue weighted by atomic mass is 10.0. The highest BCUT2D eigenvalue weighted by atomic mass is 16.2. The molecule has 1 N–H and O–H groups in total. The van der Waals surface area contributed by atoms with Gasteiger partial charge in [0.25, 0.3) is 0 Å². The number of hydrogen-bond acceptors (Lipinski definition) is 4. The lowest BCUT2D eigenvalue weighted by Gasteiger charge is -2.33. The Hall–Kier alpha value is -1.92. The molecule has 2 saturated heterocycles. The Balaban J connectivity index is 1.62. The van der Waals surface area contributed by atoms with Crippen LogP contribution in [-0.2, 0) is 22.7 Å². The van der Waals surface area contributed by atoms with Crippen molar-refractivity contribution >= 4 is 11.8 Å². The van der Waals surface area contributed by atoms with Crippen LogP contribution in [0.3, 0.4) is 0 Å². The normalized spacial score (nSPS) is 20.0. The average molecular weight is 387 g/mol. The van der Waals surface area contributed by atoms with Gasteiger partial charge >= 0.3 is 0 Å². The van der Waals surface area contributed by atoms with Crippen LogP contribution in [0.25, 0.3) is 0 Å². The minimum Gasteiger partial charge on any atom is -0.350 e. The van der Waals surface area contributed by atoms with Crippen molar-refractivity contribution < 1.29 is 9.59 Å². The summed E-state index contributed by atoms with van der Waals surface area (Å²) in [5, 5.41) is 3.10. The number of likely N-dealkylation sites (N-methyl/N-ethyl adjacent to an activating group) is 1. The number of carbonyl (C=O) groups is 2. The molecule has 0 unspecified atom stereocenters. The first-order valence-electron chi connectivity index (χ1n) is 10.5. The Bertz CT molecular complexity index is 683. The summed E-state index contributed by atoms with van der Waals surface area (Å²) >= 11 is 0. The van der Waals surface area contributed by atoms with Crippen LogP contribution in [0.1, 0.15) is 37.8 Å². The molecule has 154 valence electrons. The number of rotatable bonds is 7. The van der Waals surface area contributed by atoms with Crippen molar-refractivity contribution in [3.8, 4) is 0 Å². The summed E-state index contributed by atoms with van der Waals surface area (Å²) in [5.41, 5.74) is 2.43. The lowest BCUT2D eigenvalue weighted by Crippen LogP contribution is -2.50. The largest absolute Gasteiger partial charge is 0.350 e. The zero-order valence-corrected chi connectivity index (χ0v) is 17.5. The lowest BCUT2D eigenvalue weighted by molar-refractivity contribution is -0.139. The van der Waals surface area contributed by atoms with Crippen LogP contribution < -0.4 is 5.32 Å². The second-order valence-electron chi connectivity index (χ2n) is 8.45. The van der Waals surface area contributed by atoms with Crippen LogP contribution in [0.4, 0.5) is 0 Å². The fourth-order valence-electron chi connectivity index (χ4n) is 4.19. The highest BCUT2D eigenvalue weighted by Gasteiger charge is 2.34. The maximum absolute atomic E-state index is 12.9. The van der Waals surface area contributed by atoms with E-state index < -0.39 is 0 Å². The number of carbonyl (C=O) groups excluding carboxylic acids is 2. The molecule has 2 aliphatic heterocycles. The van der Waals surface area contributed by atoms with Gasteiger partial charge in [-0.1, -0.05) is 38.1 Å². The van der Waals surface area contributed by atoms with Gasteiger partial charge in [0.1, 0.15) is 6.04 Å². The molecule has 1 atom stereocenters. The number of nitrogens with one attached hydrogen (secondary N) is 1. The molecule has 0 aromatic heterocycles. The van der Waals surface area contributed by atoms with E-state index in [-0.39, 0.29) is 23.8 Å². The number of piperazine rings is 1. The molecule has 6 nitrogen and oxygen atoms in total. The molecule has 2 aliphatic rings. The predicted molar refractivity (Wildman–Crippen MR) is 111 cm³/mol. The van der Waals surface area contributed by atoms with E-state index in [1.54, 1.807) is 4.90 Å². The molecule has 0 spiro atoms. The van der Waals surface area contributed by atoms with E-state index in [0.717, 1.165) is 44.7 Å². The summed E-state index contributed by atoms with van der Waals surface area (Å²) in [6.45, 7) is 10.5. The Kier molecular flexibility index (Phi) is 7.08. The molecule has 2 fully saturated rings. The summed E-state index contributed by atoms with van der Waals surface area (Å²) in [7, 11) is 2.16. The van der Waals surface area contributed by atoms with Crippen molar-refractivity contribution in [2.24, 2.45) is 5.92 Å². The third-order valence-corrected chi connectivity index (χ3v) is 5.91. The standard InChI is InChI=1S/C22H34N4O2/c1-17(2)21(26-10-6-9-20(26)27)22(28)23-15-18-7-4-5-8-19(18)16-25-13-11-24(3)12-14-25/h4-5,7-8,17,21H,6,9-16H2,1-3H3,(H,23,28)/t21-/m1/s1. The van der Waals surface area contributed by atoms with Crippen LogP contribution >= 0.6 is 0 Å². The fourth-order valence-corrected chi connectivity index (χ4v) is 4.19. The van der Waals surface area contributed by atoms with Crippen molar-refractivity contribution in [1.82, 2.24) is 20.0 Å². The van der Waals surface area contributed by atoms with Crippen molar-refractivity contribution in [2.75, 3.05) is 39.8 Å². The van der Waals surface area contributed by atoms with Gasteiger partial charge in [0.2, 0.25) is 11.8 Å².